The third-order valence-electron chi connectivity index (χ3n) is 7.53. The zero-order valence-corrected chi connectivity index (χ0v) is 26.5. The van der Waals surface area contributed by atoms with E-state index in [-0.39, 0.29) is 56.3 Å². The fourth-order valence-corrected chi connectivity index (χ4v) is 7.10. The van der Waals surface area contributed by atoms with Gasteiger partial charge in [0.15, 0.2) is 0 Å². The molecular weight excluding hydrogens is 648 g/mol. The minimum atomic E-state index is -4.97. The van der Waals surface area contributed by atoms with Crippen LogP contribution >= 0.6 is 23.2 Å². The third kappa shape index (κ3) is 7.96. The highest BCUT2D eigenvalue weighted by Crippen LogP contribution is 2.42. The van der Waals surface area contributed by atoms with Crippen molar-refractivity contribution in [3.05, 3.63) is 57.1 Å². The Hall–Kier alpha value is -2.62. The average Bonchev–Trinajstić information content (AvgIpc) is 3.46. The van der Waals surface area contributed by atoms with E-state index in [1.807, 2.05) is 25.1 Å². The first-order chi connectivity index (χ1) is 20.6. The van der Waals surface area contributed by atoms with E-state index in [1.165, 1.54) is 17.0 Å². The Morgan fingerprint density at radius 1 is 1.16 bits per heavy atom. The number of rotatable bonds is 12. The number of alkyl halides is 3. The molecule has 2 aliphatic rings. The van der Waals surface area contributed by atoms with Crippen molar-refractivity contribution >= 4 is 45.0 Å². The smallest absolute Gasteiger partial charge is 0.471 e. The summed E-state index contributed by atoms with van der Waals surface area (Å²) >= 11 is 12.7. The quantitative estimate of drug-likeness (QED) is 0.330. The fourth-order valence-electron chi connectivity index (χ4n) is 5.21. The molecule has 0 spiro atoms. The highest BCUT2D eigenvalue weighted by atomic mass is 35.5. The fraction of sp³-hybridized carbons (Fsp3) is 0.500. The van der Waals surface area contributed by atoms with Crippen LogP contribution in [-0.4, -0.2) is 95.2 Å². The van der Waals surface area contributed by atoms with Crippen LogP contribution in [-0.2, 0) is 30.8 Å². The molecule has 10 nitrogen and oxygen atoms in total. The Bertz CT molecular complexity index is 1510. The maximum atomic E-state index is 13.2. The van der Waals surface area contributed by atoms with E-state index < -0.39 is 34.1 Å². The van der Waals surface area contributed by atoms with Crippen LogP contribution in [0.4, 0.5) is 13.2 Å². The van der Waals surface area contributed by atoms with Crippen LogP contribution < -0.4 is 14.8 Å². The van der Waals surface area contributed by atoms with Crippen LogP contribution in [0.25, 0.3) is 0 Å². The number of ether oxygens (including phenoxy) is 2. The van der Waals surface area contributed by atoms with Crippen LogP contribution in [0.1, 0.15) is 29.2 Å². The number of likely N-dealkylation sites (N-methyl/N-ethyl adjacent to an activating group) is 1. The number of aryl methyl sites for hydroxylation is 1. The number of fused-ring (bicyclic) bond motifs is 1. The summed E-state index contributed by atoms with van der Waals surface area (Å²) in [7, 11) is -0.177. The van der Waals surface area contributed by atoms with Gasteiger partial charge in [0, 0.05) is 35.2 Å². The maximum Gasteiger partial charge on any atom is 0.471 e. The van der Waals surface area contributed by atoms with Gasteiger partial charge in [-0.05, 0) is 75.3 Å². The Morgan fingerprint density at radius 2 is 1.89 bits per heavy atom. The lowest BCUT2D eigenvalue weighted by molar-refractivity contribution is -0.173. The van der Waals surface area contributed by atoms with E-state index in [4.69, 9.17) is 32.7 Å². The molecule has 242 valence electrons. The molecule has 0 aromatic heterocycles. The largest absolute Gasteiger partial charge is 0.484 e. The second-order valence-electron chi connectivity index (χ2n) is 10.8. The van der Waals surface area contributed by atoms with Crippen LogP contribution in [0.2, 0.25) is 10.0 Å². The number of amides is 2. The minimum absolute atomic E-state index is 0.00626. The van der Waals surface area contributed by atoms with Gasteiger partial charge in [-0.1, -0.05) is 23.2 Å². The standard InChI is InChI=1S/C28H33Cl2F3N4O6S/c1-16-12-18(4-5-24(16)43-25-20-13-17(29)14-21(30)19(20)15-23(25)36(2)3)44(40,41)35-22-6-8-37(26(22)38)9-11-42-10-7-34-27(39)28(31,32)33/h4-5,12-14,22-23,25,35H,6-11,15H2,1-3H3,(H,34,39)/t22-,23-,25-/m0/s1. The average molecular weight is 682 g/mol. The van der Waals surface area contributed by atoms with Gasteiger partial charge in [-0.2, -0.15) is 17.9 Å². The summed E-state index contributed by atoms with van der Waals surface area (Å²) in [4.78, 5) is 27.0. The summed E-state index contributed by atoms with van der Waals surface area (Å²) in [6.45, 7) is 1.61. The molecule has 0 saturated carbocycles. The van der Waals surface area contributed by atoms with Gasteiger partial charge in [-0.15, -0.1) is 0 Å². The summed E-state index contributed by atoms with van der Waals surface area (Å²) in [5.74, 6) is -2.01. The van der Waals surface area contributed by atoms with Crippen molar-refractivity contribution in [2.75, 3.05) is 46.9 Å². The highest BCUT2D eigenvalue weighted by Gasteiger charge is 2.39. The molecule has 2 aromatic rings. The van der Waals surface area contributed by atoms with Gasteiger partial charge in [-0.3, -0.25) is 9.59 Å². The Morgan fingerprint density at radius 3 is 2.55 bits per heavy atom. The summed E-state index contributed by atoms with van der Waals surface area (Å²) < 4.78 is 77.0. The monoisotopic (exact) mass is 680 g/mol. The molecule has 3 atom stereocenters. The minimum Gasteiger partial charge on any atom is -0.484 e. The molecule has 1 aliphatic heterocycles. The maximum absolute atomic E-state index is 13.2. The topological polar surface area (TPSA) is 117 Å². The lowest BCUT2D eigenvalue weighted by Crippen LogP contribution is -2.42. The number of nitrogens with one attached hydrogen (secondary N) is 2. The zero-order chi connectivity index (χ0) is 32.4. The predicted molar refractivity (Wildman–Crippen MR) is 157 cm³/mol. The normalized spacial score (nSPS) is 20.3. The van der Waals surface area contributed by atoms with Crippen molar-refractivity contribution in [2.45, 2.75) is 49.0 Å². The molecule has 2 N–H and O–H groups in total. The van der Waals surface area contributed by atoms with E-state index in [9.17, 15) is 31.2 Å². The molecule has 0 radical (unpaired) electrons. The van der Waals surface area contributed by atoms with Gasteiger partial charge in [0.25, 0.3) is 0 Å². The van der Waals surface area contributed by atoms with Crippen molar-refractivity contribution in [1.29, 1.82) is 0 Å². The molecule has 1 saturated heterocycles. The summed E-state index contributed by atoms with van der Waals surface area (Å²) in [5, 5.41) is 2.74. The highest BCUT2D eigenvalue weighted by molar-refractivity contribution is 7.89. The molecule has 1 aliphatic carbocycles. The molecule has 2 amide bonds. The second-order valence-corrected chi connectivity index (χ2v) is 13.4. The number of likely N-dealkylation sites (tertiary alicyclic amines) is 1. The SMILES string of the molecule is Cc1cc(S(=O)(=O)N[C@H]2CCN(CCOCCNC(=O)C(F)(F)F)C2=O)ccc1O[C@H]1c2cc(Cl)cc(Cl)c2C[C@@H]1N(C)C. The number of halogens is 5. The molecule has 44 heavy (non-hydrogen) atoms. The number of nitrogens with zero attached hydrogens (tertiary/aromatic N) is 2. The van der Waals surface area contributed by atoms with Crippen LogP contribution in [0.3, 0.4) is 0 Å². The van der Waals surface area contributed by atoms with Gasteiger partial charge >= 0.3 is 12.1 Å². The number of carbonyl (C=O) groups is 2. The van der Waals surface area contributed by atoms with E-state index in [0.717, 1.165) is 11.1 Å². The van der Waals surface area contributed by atoms with Crippen molar-refractivity contribution in [3.8, 4) is 5.75 Å². The molecule has 1 fully saturated rings. The van der Waals surface area contributed by atoms with E-state index in [2.05, 4.69) is 4.72 Å². The van der Waals surface area contributed by atoms with E-state index in [0.29, 0.717) is 27.8 Å². The Labute approximate surface area is 263 Å². The van der Waals surface area contributed by atoms with Gasteiger partial charge in [0.05, 0.1) is 24.2 Å². The van der Waals surface area contributed by atoms with Crippen LogP contribution in [0.15, 0.2) is 35.2 Å². The van der Waals surface area contributed by atoms with Gasteiger partial charge in [0.2, 0.25) is 15.9 Å². The van der Waals surface area contributed by atoms with Crippen molar-refractivity contribution in [2.24, 2.45) is 0 Å². The third-order valence-corrected chi connectivity index (χ3v) is 9.55. The number of sulfonamides is 1. The summed E-state index contributed by atoms with van der Waals surface area (Å²) in [5.41, 5.74) is 2.41. The summed E-state index contributed by atoms with van der Waals surface area (Å²) in [6, 6.07) is 7.00. The van der Waals surface area contributed by atoms with Crippen molar-refractivity contribution < 1.29 is 40.7 Å². The first-order valence-corrected chi connectivity index (χ1v) is 16.0. The van der Waals surface area contributed by atoms with Crippen molar-refractivity contribution in [1.82, 2.24) is 19.8 Å². The second kappa shape index (κ2) is 13.8. The lowest BCUT2D eigenvalue weighted by atomic mass is 10.1. The predicted octanol–water partition coefficient (Wildman–Crippen LogP) is 3.48. The number of hydrogen-bond donors (Lipinski definition) is 2. The molecule has 0 bridgehead atoms. The number of hydrogen-bond acceptors (Lipinski definition) is 7. The Balaban J connectivity index is 1.34. The molecule has 16 heteroatoms. The van der Waals surface area contributed by atoms with Gasteiger partial charge in [0.1, 0.15) is 17.9 Å². The van der Waals surface area contributed by atoms with Gasteiger partial charge in [-0.25, -0.2) is 8.42 Å². The molecule has 4 rings (SSSR count). The number of carbonyl (C=O) groups excluding carboxylic acids is 2. The molecule has 0 unspecified atom stereocenters. The molecule has 2 aromatic carbocycles. The zero-order valence-electron chi connectivity index (χ0n) is 24.2. The first-order valence-electron chi connectivity index (χ1n) is 13.7. The van der Waals surface area contributed by atoms with E-state index in [1.54, 1.807) is 24.4 Å². The van der Waals surface area contributed by atoms with Crippen LogP contribution in [0, 0.1) is 6.92 Å². The number of benzene rings is 2. The molecular formula is C28H33Cl2F3N4O6S. The van der Waals surface area contributed by atoms with E-state index >= 15 is 0 Å². The van der Waals surface area contributed by atoms with Crippen molar-refractivity contribution in [3.63, 3.8) is 0 Å². The van der Waals surface area contributed by atoms with Crippen LogP contribution in [0.5, 0.6) is 5.75 Å². The summed E-state index contributed by atoms with van der Waals surface area (Å²) in [6.07, 6.45) is -4.46. The Kier molecular flexibility index (Phi) is 10.7. The molecule has 1 heterocycles. The lowest BCUT2D eigenvalue weighted by Gasteiger charge is -2.28. The van der Waals surface area contributed by atoms with Gasteiger partial charge < -0.3 is 24.6 Å². The first kappa shape index (κ1) is 34.3.